The molecule has 1 aromatic rings. The third-order valence-corrected chi connectivity index (χ3v) is 1.91. The molecule has 3 nitrogen and oxygen atoms in total. The predicted molar refractivity (Wildman–Crippen MR) is 55.4 cm³/mol. The highest BCUT2D eigenvalue weighted by molar-refractivity contribution is 5.95. The number of primary amides is 1. The molecule has 0 aromatic heterocycles. The quantitative estimate of drug-likeness (QED) is 0.727. The molecule has 0 fully saturated rings. The van der Waals surface area contributed by atoms with Crippen LogP contribution in [0.3, 0.4) is 0 Å². The third-order valence-electron chi connectivity index (χ3n) is 1.91. The monoisotopic (exact) mass is 193 g/mol. The lowest BCUT2D eigenvalue weighted by atomic mass is 10.2. The van der Waals surface area contributed by atoms with Gasteiger partial charge in [-0.15, -0.1) is 0 Å². The van der Waals surface area contributed by atoms with Crippen LogP contribution in [0.5, 0.6) is 5.75 Å². The van der Waals surface area contributed by atoms with Gasteiger partial charge in [-0.05, 0) is 18.6 Å². The molecule has 2 N–H and O–H groups in total. The average molecular weight is 193 g/mol. The van der Waals surface area contributed by atoms with Gasteiger partial charge in [0.2, 0.25) is 0 Å². The number of hydrogen-bond donors (Lipinski definition) is 1. The molecule has 1 amide bonds. The summed E-state index contributed by atoms with van der Waals surface area (Å²) in [7, 11) is 0. The van der Waals surface area contributed by atoms with Crippen LogP contribution in [0.1, 0.15) is 30.1 Å². The van der Waals surface area contributed by atoms with E-state index in [0.29, 0.717) is 17.9 Å². The lowest BCUT2D eigenvalue weighted by Gasteiger charge is -2.08. The Kier molecular flexibility index (Phi) is 3.98. The first-order valence-electron chi connectivity index (χ1n) is 4.77. The van der Waals surface area contributed by atoms with Crippen molar-refractivity contribution in [3.05, 3.63) is 29.8 Å². The molecule has 1 rings (SSSR count). The summed E-state index contributed by atoms with van der Waals surface area (Å²) in [6.45, 7) is 2.71. The summed E-state index contributed by atoms with van der Waals surface area (Å²) in [5.41, 5.74) is 5.65. The van der Waals surface area contributed by atoms with Crippen molar-refractivity contribution in [1.29, 1.82) is 0 Å². The second-order valence-corrected chi connectivity index (χ2v) is 3.06. The van der Waals surface area contributed by atoms with Gasteiger partial charge in [-0.1, -0.05) is 25.5 Å². The number of nitrogens with two attached hydrogens (primary N) is 1. The van der Waals surface area contributed by atoms with E-state index in [1.165, 1.54) is 0 Å². The fourth-order valence-corrected chi connectivity index (χ4v) is 1.12. The highest BCUT2D eigenvalue weighted by atomic mass is 16.5. The summed E-state index contributed by atoms with van der Waals surface area (Å²) >= 11 is 0. The number of hydrogen-bond acceptors (Lipinski definition) is 2. The van der Waals surface area contributed by atoms with Gasteiger partial charge >= 0.3 is 0 Å². The van der Waals surface area contributed by atoms with E-state index in [1.807, 2.05) is 6.07 Å². The molecule has 0 radical (unpaired) electrons. The van der Waals surface area contributed by atoms with E-state index >= 15 is 0 Å². The maximum atomic E-state index is 11.0. The van der Waals surface area contributed by atoms with Gasteiger partial charge in [0.15, 0.2) is 0 Å². The molecule has 76 valence electrons. The van der Waals surface area contributed by atoms with Crippen molar-refractivity contribution in [2.24, 2.45) is 5.73 Å². The van der Waals surface area contributed by atoms with Crippen LogP contribution in [0.25, 0.3) is 0 Å². The summed E-state index contributed by atoms with van der Waals surface area (Å²) in [6, 6.07) is 7.03. The van der Waals surface area contributed by atoms with Gasteiger partial charge in [0, 0.05) is 0 Å². The van der Waals surface area contributed by atoms with Crippen molar-refractivity contribution in [3.63, 3.8) is 0 Å². The smallest absolute Gasteiger partial charge is 0.252 e. The third kappa shape index (κ3) is 2.76. The Morgan fingerprint density at radius 2 is 2.14 bits per heavy atom. The van der Waals surface area contributed by atoms with Crippen LogP contribution in [-0.2, 0) is 0 Å². The first kappa shape index (κ1) is 10.6. The molecule has 0 aliphatic rings. The Balaban J connectivity index is 2.69. The van der Waals surface area contributed by atoms with E-state index in [4.69, 9.17) is 10.5 Å². The number of carbonyl (C=O) groups is 1. The molecule has 3 heteroatoms. The van der Waals surface area contributed by atoms with E-state index in [9.17, 15) is 4.79 Å². The van der Waals surface area contributed by atoms with E-state index in [-0.39, 0.29) is 0 Å². The van der Waals surface area contributed by atoms with E-state index in [1.54, 1.807) is 18.2 Å². The van der Waals surface area contributed by atoms with Gasteiger partial charge < -0.3 is 10.5 Å². The zero-order chi connectivity index (χ0) is 10.4. The van der Waals surface area contributed by atoms with Gasteiger partial charge in [0.25, 0.3) is 5.91 Å². The van der Waals surface area contributed by atoms with E-state index < -0.39 is 5.91 Å². The molecule has 14 heavy (non-hydrogen) atoms. The molecule has 0 saturated carbocycles. The van der Waals surface area contributed by atoms with Crippen molar-refractivity contribution >= 4 is 5.91 Å². The molecule has 0 saturated heterocycles. The minimum absolute atomic E-state index is 0.447. The van der Waals surface area contributed by atoms with Crippen LogP contribution < -0.4 is 10.5 Å². The number of ether oxygens (including phenoxy) is 1. The molecular formula is C11H15NO2. The van der Waals surface area contributed by atoms with Crippen LogP contribution in [0.4, 0.5) is 0 Å². The summed E-state index contributed by atoms with van der Waals surface area (Å²) in [5, 5.41) is 0. The Hall–Kier alpha value is -1.51. The Morgan fingerprint density at radius 3 is 2.79 bits per heavy atom. The minimum Gasteiger partial charge on any atom is -0.493 e. The van der Waals surface area contributed by atoms with Crippen LogP contribution >= 0.6 is 0 Å². The van der Waals surface area contributed by atoms with Crippen molar-refractivity contribution in [2.45, 2.75) is 19.8 Å². The SMILES string of the molecule is CCCCOc1ccccc1C(N)=O. The van der Waals surface area contributed by atoms with E-state index in [2.05, 4.69) is 6.92 Å². The molecule has 0 spiro atoms. The zero-order valence-electron chi connectivity index (χ0n) is 8.32. The minimum atomic E-state index is -0.447. The number of carbonyl (C=O) groups excluding carboxylic acids is 1. The average Bonchev–Trinajstić information content (AvgIpc) is 2.19. The normalized spacial score (nSPS) is 9.79. The summed E-state index contributed by atoms with van der Waals surface area (Å²) in [6.07, 6.45) is 2.05. The predicted octanol–water partition coefficient (Wildman–Crippen LogP) is 1.96. The highest BCUT2D eigenvalue weighted by Crippen LogP contribution is 2.17. The standard InChI is InChI=1S/C11H15NO2/c1-2-3-8-14-10-7-5-4-6-9(10)11(12)13/h4-7H,2-3,8H2,1H3,(H2,12,13). The molecule has 0 heterocycles. The van der Waals surface area contributed by atoms with Crippen molar-refractivity contribution < 1.29 is 9.53 Å². The highest BCUT2D eigenvalue weighted by Gasteiger charge is 2.07. The Bertz CT molecular complexity index is 310. The largest absolute Gasteiger partial charge is 0.493 e. The number of amides is 1. The van der Waals surface area contributed by atoms with Crippen LogP contribution in [0, 0.1) is 0 Å². The molecule has 0 bridgehead atoms. The summed E-state index contributed by atoms with van der Waals surface area (Å²) < 4.78 is 5.44. The topological polar surface area (TPSA) is 52.3 Å². The van der Waals surface area contributed by atoms with Crippen molar-refractivity contribution in [1.82, 2.24) is 0 Å². The first-order chi connectivity index (χ1) is 6.75. The zero-order valence-corrected chi connectivity index (χ0v) is 8.32. The number of para-hydroxylation sites is 1. The summed E-state index contributed by atoms with van der Waals surface area (Å²) in [4.78, 5) is 11.0. The maximum absolute atomic E-state index is 11.0. The van der Waals surface area contributed by atoms with E-state index in [0.717, 1.165) is 12.8 Å². The lowest BCUT2D eigenvalue weighted by molar-refractivity contribution is 0.0996. The summed E-state index contributed by atoms with van der Waals surface area (Å²) in [5.74, 6) is 0.130. The van der Waals surface area contributed by atoms with Crippen molar-refractivity contribution in [3.8, 4) is 5.75 Å². The molecule has 0 aliphatic heterocycles. The lowest BCUT2D eigenvalue weighted by Crippen LogP contribution is -2.13. The fraction of sp³-hybridized carbons (Fsp3) is 0.364. The molecule has 0 atom stereocenters. The fourth-order valence-electron chi connectivity index (χ4n) is 1.12. The second kappa shape index (κ2) is 5.27. The van der Waals surface area contributed by atoms with Gasteiger partial charge in [-0.25, -0.2) is 0 Å². The van der Waals surface area contributed by atoms with Gasteiger partial charge in [0.05, 0.1) is 12.2 Å². The molecule has 0 aliphatic carbocycles. The van der Waals surface area contributed by atoms with Crippen LogP contribution in [-0.4, -0.2) is 12.5 Å². The van der Waals surface area contributed by atoms with Crippen molar-refractivity contribution in [2.75, 3.05) is 6.61 Å². The van der Waals surface area contributed by atoms with Crippen LogP contribution in [0.2, 0.25) is 0 Å². The first-order valence-corrected chi connectivity index (χ1v) is 4.77. The molecule has 1 aromatic carbocycles. The van der Waals surface area contributed by atoms with Gasteiger partial charge in [-0.3, -0.25) is 4.79 Å². The van der Waals surface area contributed by atoms with Gasteiger partial charge in [0.1, 0.15) is 5.75 Å². The molecular weight excluding hydrogens is 178 g/mol. The number of benzene rings is 1. The molecule has 0 unspecified atom stereocenters. The maximum Gasteiger partial charge on any atom is 0.252 e. The van der Waals surface area contributed by atoms with Crippen LogP contribution in [0.15, 0.2) is 24.3 Å². The number of rotatable bonds is 5. The Labute approximate surface area is 83.9 Å². The second-order valence-electron chi connectivity index (χ2n) is 3.06. The van der Waals surface area contributed by atoms with Gasteiger partial charge in [-0.2, -0.15) is 0 Å². The Morgan fingerprint density at radius 1 is 1.43 bits per heavy atom. The number of unbranched alkanes of at least 4 members (excludes halogenated alkanes) is 1.